The molecule has 14 aromatic rings. The van der Waals surface area contributed by atoms with Crippen LogP contribution in [0.3, 0.4) is 0 Å². The van der Waals surface area contributed by atoms with Crippen LogP contribution >= 0.6 is 31.9 Å². The molecule has 16 rings (SSSR count). The van der Waals surface area contributed by atoms with E-state index in [0.29, 0.717) is 0 Å². The minimum atomic E-state index is 0. The van der Waals surface area contributed by atoms with Gasteiger partial charge < -0.3 is 29.4 Å². The lowest BCUT2D eigenvalue weighted by Gasteiger charge is -2.41. The van der Waals surface area contributed by atoms with Gasteiger partial charge in [0.2, 0.25) is 0 Å². The van der Waals surface area contributed by atoms with Gasteiger partial charge >= 0.3 is 0 Å². The highest BCUT2D eigenvalue weighted by Crippen LogP contribution is 2.58. The number of fused-ring (bicyclic) bond motifs is 4. The zero-order chi connectivity index (χ0) is 69.7. The average molecular weight is 1460 g/mol. The number of rotatable bonds is 12. The molecule has 2 aliphatic heterocycles. The lowest BCUT2D eigenvalue weighted by atomic mass is 9.97. The van der Waals surface area contributed by atoms with Crippen LogP contribution in [-0.4, -0.2) is 0 Å². The molecular formula is C94H84Br2N6. The molecule has 0 fully saturated rings. The van der Waals surface area contributed by atoms with Crippen molar-refractivity contribution in [2.75, 3.05) is 29.4 Å². The Balaban J connectivity index is 0.000000168. The van der Waals surface area contributed by atoms with Crippen molar-refractivity contribution in [3.63, 3.8) is 0 Å². The molecule has 0 saturated carbocycles. The molecule has 0 spiro atoms. The average Bonchev–Trinajstić information content (AvgIpc) is 0.731. The van der Waals surface area contributed by atoms with Gasteiger partial charge in [-0.3, -0.25) is 0 Å². The molecule has 0 bridgehead atoms. The monoisotopic (exact) mass is 1450 g/mol. The maximum absolute atomic E-state index is 3.59. The summed E-state index contributed by atoms with van der Waals surface area (Å²) in [6, 6.07) is 117. The van der Waals surface area contributed by atoms with Gasteiger partial charge in [0.1, 0.15) is 0 Å². The summed E-state index contributed by atoms with van der Waals surface area (Å²) in [5.74, 6) is 0. The fraction of sp³-hybridized carbons (Fsp3) is 0.106. The Labute approximate surface area is 620 Å². The zero-order valence-electron chi connectivity index (χ0n) is 58.3. The number of para-hydroxylation sites is 4. The van der Waals surface area contributed by atoms with Gasteiger partial charge in [0.25, 0.3) is 0 Å². The molecule has 14 aromatic carbocycles. The number of benzene rings is 14. The fourth-order valence-electron chi connectivity index (χ4n) is 13.5. The summed E-state index contributed by atoms with van der Waals surface area (Å²) in [6.07, 6.45) is 1.03. The van der Waals surface area contributed by atoms with Gasteiger partial charge in [0, 0.05) is 65.8 Å². The third-order valence-corrected chi connectivity index (χ3v) is 20.4. The molecule has 8 heteroatoms. The zero-order valence-corrected chi connectivity index (χ0v) is 61.5. The van der Waals surface area contributed by atoms with Crippen LogP contribution in [0.4, 0.5) is 102 Å². The van der Waals surface area contributed by atoms with Gasteiger partial charge in [-0.15, -0.1) is 0 Å². The topological polar surface area (TPSA) is 19.4 Å². The molecule has 102 heavy (non-hydrogen) atoms. The normalized spacial score (nSPS) is 11.7. The highest BCUT2D eigenvalue weighted by atomic mass is 79.9. The summed E-state index contributed by atoms with van der Waals surface area (Å²) in [4.78, 5) is 14.3. The summed E-state index contributed by atoms with van der Waals surface area (Å²) in [6.45, 7) is 17.6. The van der Waals surface area contributed by atoms with Crippen molar-refractivity contribution >= 4 is 134 Å². The predicted octanol–water partition coefficient (Wildman–Crippen LogP) is 28.7. The lowest BCUT2D eigenvalue weighted by molar-refractivity contribution is 1.14. The van der Waals surface area contributed by atoms with Crippen LogP contribution in [0, 0.1) is 55.4 Å². The first-order valence-electron chi connectivity index (χ1n) is 34.5. The van der Waals surface area contributed by atoms with Gasteiger partial charge in [0.15, 0.2) is 0 Å². The van der Waals surface area contributed by atoms with Crippen LogP contribution in [0.15, 0.2) is 337 Å². The number of hydrogen-bond donors (Lipinski definition) is 0. The molecule has 0 amide bonds. The van der Waals surface area contributed by atoms with E-state index in [1.165, 1.54) is 78.4 Å². The van der Waals surface area contributed by atoms with E-state index in [2.05, 4.69) is 444 Å². The molecule has 0 saturated heterocycles. The number of hydrogen-bond acceptors (Lipinski definition) is 6. The molecule has 504 valence electrons. The number of aryl methyl sites for hydroxylation is 8. The van der Waals surface area contributed by atoms with Crippen molar-refractivity contribution in [3.05, 3.63) is 392 Å². The van der Waals surface area contributed by atoms with E-state index in [-0.39, 0.29) is 7.43 Å². The van der Waals surface area contributed by atoms with Gasteiger partial charge in [-0.2, -0.15) is 0 Å². The Hall–Kier alpha value is -11.2. The van der Waals surface area contributed by atoms with Crippen molar-refractivity contribution in [2.24, 2.45) is 0 Å². The number of nitrogens with zero attached hydrogens (tertiary/aromatic N) is 6. The van der Waals surface area contributed by atoms with Crippen molar-refractivity contribution < 1.29 is 0 Å². The molecule has 0 aromatic heterocycles. The van der Waals surface area contributed by atoms with E-state index >= 15 is 0 Å². The van der Waals surface area contributed by atoms with Crippen LogP contribution in [0.2, 0.25) is 0 Å². The number of halogens is 2. The molecule has 0 atom stereocenters. The smallest absolute Gasteiger partial charge is 0.0706 e. The first kappa shape index (κ1) is 69.3. The molecule has 2 aliphatic rings. The van der Waals surface area contributed by atoms with Crippen LogP contribution in [0.5, 0.6) is 0 Å². The maximum Gasteiger partial charge on any atom is 0.0706 e. The molecule has 0 N–H and O–H groups in total. The third kappa shape index (κ3) is 14.6. The SMILES string of the molecule is C.Cc1cc2c(cc1C)N(c1ccc(Br)cc1)c1cc(C)c(C)cc1N2c1ccc(Br)cc1.Cc1cc2c(cc1C)N(c1ccc(N(c3ccccc3)c3ccccc3)cc1)c1cc(C)c(C)cc1N2c1ccc(N(c2ccccc2)c2ccccc2)cc1.c1ccc(Cc2ccccc2)cc1. The van der Waals surface area contributed by atoms with Crippen LogP contribution in [0.25, 0.3) is 0 Å². The predicted molar refractivity (Wildman–Crippen MR) is 444 cm³/mol. The van der Waals surface area contributed by atoms with Gasteiger partial charge in [-0.05, 0) is 312 Å². The second-order valence-corrected chi connectivity index (χ2v) is 28.0. The van der Waals surface area contributed by atoms with Gasteiger partial charge in [0.05, 0.1) is 45.5 Å². The number of anilines is 18. The summed E-state index contributed by atoms with van der Waals surface area (Å²) in [5, 5.41) is 0. The Kier molecular flexibility index (Phi) is 20.9. The minimum Gasteiger partial charge on any atom is -0.311 e. The standard InChI is InChI=1S/C52H44N4.C28H24Br2N2.C13H12.CH4/c1-37-33-49-50(34-38(37)2)56(48-31-27-46(28-32-48)54(43-21-13-7-14-22-43)44-23-15-8-16-24-44)52-36-40(4)39(3)35-51(52)55(49)47-29-25-45(26-30-47)53(41-17-9-5-10-18-41)42-19-11-6-12-20-42;1-17-13-25-26(14-18(17)2)32(24-11-7-22(30)8-12-24)28-16-20(4)19(3)15-27(28)31(25)23-9-5-21(29)6-10-23;1-3-7-12(8-4-1)11-13-9-5-2-6-10-13;/h5-36H,1-4H3;5-16H,1-4H3;1-10H,11H2;1H4. The highest BCUT2D eigenvalue weighted by molar-refractivity contribution is 9.10. The Morgan fingerprint density at radius 2 is 0.382 bits per heavy atom. The molecule has 6 nitrogen and oxygen atoms in total. The molecule has 0 unspecified atom stereocenters. The van der Waals surface area contributed by atoms with E-state index in [1.807, 2.05) is 0 Å². The maximum atomic E-state index is 3.59. The highest BCUT2D eigenvalue weighted by Gasteiger charge is 2.34. The van der Waals surface area contributed by atoms with E-state index in [1.54, 1.807) is 0 Å². The molecular weight excluding hydrogens is 1370 g/mol. The second-order valence-electron chi connectivity index (χ2n) is 26.2. The Bertz CT molecular complexity index is 4650. The second kappa shape index (κ2) is 30.8. The van der Waals surface area contributed by atoms with Crippen LogP contribution in [0.1, 0.15) is 63.1 Å². The lowest BCUT2D eigenvalue weighted by Crippen LogP contribution is -2.25. The first-order chi connectivity index (χ1) is 49.2. The third-order valence-electron chi connectivity index (χ3n) is 19.3. The summed E-state index contributed by atoms with van der Waals surface area (Å²) < 4.78 is 2.16. The van der Waals surface area contributed by atoms with Gasteiger partial charge in [-0.25, -0.2) is 0 Å². The van der Waals surface area contributed by atoms with Crippen molar-refractivity contribution in [3.8, 4) is 0 Å². The van der Waals surface area contributed by atoms with Gasteiger partial charge in [-0.1, -0.05) is 173 Å². The first-order valence-corrected chi connectivity index (χ1v) is 36.1. The van der Waals surface area contributed by atoms with E-state index in [9.17, 15) is 0 Å². The molecule has 0 aliphatic carbocycles. The van der Waals surface area contributed by atoms with Crippen LogP contribution < -0.4 is 29.4 Å². The molecule has 0 radical (unpaired) electrons. The summed E-state index contributed by atoms with van der Waals surface area (Å²) in [7, 11) is 0. The largest absolute Gasteiger partial charge is 0.311 e. The van der Waals surface area contributed by atoms with Crippen molar-refractivity contribution in [1.29, 1.82) is 0 Å². The quantitative estimate of drug-likeness (QED) is 0.121. The van der Waals surface area contributed by atoms with E-state index in [4.69, 9.17) is 0 Å². The van der Waals surface area contributed by atoms with E-state index in [0.717, 1.165) is 95.0 Å². The Morgan fingerprint density at radius 3 is 0.578 bits per heavy atom. The minimum absolute atomic E-state index is 0. The van der Waals surface area contributed by atoms with E-state index < -0.39 is 0 Å². The fourth-order valence-corrected chi connectivity index (χ4v) is 14.0. The summed E-state index contributed by atoms with van der Waals surface area (Å²) in [5.41, 5.74) is 33.5. The van der Waals surface area contributed by atoms with Crippen LogP contribution in [-0.2, 0) is 6.42 Å². The summed E-state index contributed by atoms with van der Waals surface area (Å²) >= 11 is 7.18. The Morgan fingerprint density at radius 1 is 0.216 bits per heavy atom. The van der Waals surface area contributed by atoms with Crippen molar-refractivity contribution in [1.82, 2.24) is 0 Å². The van der Waals surface area contributed by atoms with Crippen molar-refractivity contribution in [2.45, 2.75) is 69.2 Å². The molecule has 2 heterocycles.